The third kappa shape index (κ3) is 4.80. The monoisotopic (exact) mass is 454 g/mol. The van der Waals surface area contributed by atoms with Crippen molar-refractivity contribution < 1.29 is 22.0 Å². The summed E-state index contributed by atoms with van der Waals surface area (Å²) in [6.45, 7) is 3.72. The van der Waals surface area contributed by atoms with Crippen molar-refractivity contribution in [1.82, 2.24) is 0 Å². The lowest BCUT2D eigenvalue weighted by molar-refractivity contribution is 0.301. The number of hydrogen-bond donors (Lipinski definition) is 0. The van der Waals surface area contributed by atoms with E-state index in [1.807, 2.05) is 6.08 Å². The molecule has 1 aliphatic rings. The first-order valence-electron chi connectivity index (χ1n) is 11.1. The molecule has 3 aromatic carbocycles. The van der Waals surface area contributed by atoms with Gasteiger partial charge in [-0.1, -0.05) is 30.0 Å². The van der Waals surface area contributed by atoms with Crippen LogP contribution in [0.3, 0.4) is 0 Å². The second-order valence-electron chi connectivity index (χ2n) is 8.58. The van der Waals surface area contributed by atoms with Crippen molar-refractivity contribution in [2.45, 2.75) is 44.4 Å². The lowest BCUT2D eigenvalue weighted by atomic mass is 9.76. The van der Waals surface area contributed by atoms with E-state index in [9.17, 15) is 22.0 Å². The molecule has 0 unspecified atom stereocenters. The van der Waals surface area contributed by atoms with Gasteiger partial charge in [0.2, 0.25) is 0 Å². The van der Waals surface area contributed by atoms with Crippen LogP contribution < -0.4 is 0 Å². The molecule has 1 aliphatic carbocycles. The molecule has 1 saturated carbocycles. The van der Waals surface area contributed by atoms with E-state index in [0.717, 1.165) is 37.8 Å². The SMILES string of the molecule is C=CCCC1CCC(c2c(F)cc(C#Cc3ccc4c(F)c(F)ccc4c3)c(F)c2F)CC1. The lowest BCUT2D eigenvalue weighted by Crippen LogP contribution is -2.16. The van der Waals surface area contributed by atoms with E-state index in [-0.39, 0.29) is 22.4 Å². The number of halogens is 5. The zero-order chi connectivity index (χ0) is 23.5. The van der Waals surface area contributed by atoms with Crippen molar-refractivity contribution in [3.63, 3.8) is 0 Å². The minimum atomic E-state index is -1.18. The Bertz CT molecular complexity index is 1260. The minimum absolute atomic E-state index is 0.0902. The Kier molecular flexibility index (Phi) is 6.83. The van der Waals surface area contributed by atoms with Gasteiger partial charge < -0.3 is 0 Å². The Labute approximate surface area is 190 Å². The lowest BCUT2D eigenvalue weighted by Gasteiger charge is -2.29. The quantitative estimate of drug-likeness (QED) is 0.161. The fourth-order valence-corrected chi connectivity index (χ4v) is 4.65. The van der Waals surface area contributed by atoms with E-state index in [1.165, 1.54) is 24.3 Å². The van der Waals surface area contributed by atoms with Gasteiger partial charge in [-0.15, -0.1) is 6.58 Å². The Balaban J connectivity index is 1.58. The van der Waals surface area contributed by atoms with E-state index in [0.29, 0.717) is 29.7 Å². The summed E-state index contributed by atoms with van der Waals surface area (Å²) >= 11 is 0. The van der Waals surface area contributed by atoms with Gasteiger partial charge in [0.1, 0.15) is 5.82 Å². The second-order valence-corrected chi connectivity index (χ2v) is 8.58. The molecule has 0 spiro atoms. The summed E-state index contributed by atoms with van der Waals surface area (Å²) in [5.41, 5.74) is -0.183. The van der Waals surface area contributed by atoms with Gasteiger partial charge in [-0.2, -0.15) is 0 Å². The van der Waals surface area contributed by atoms with Crippen LogP contribution in [-0.2, 0) is 0 Å². The van der Waals surface area contributed by atoms with Crippen LogP contribution >= 0.6 is 0 Å². The Hall–Kier alpha value is -3.13. The van der Waals surface area contributed by atoms with Crippen molar-refractivity contribution in [1.29, 1.82) is 0 Å². The highest BCUT2D eigenvalue weighted by Crippen LogP contribution is 2.40. The summed E-state index contributed by atoms with van der Waals surface area (Å²) in [6, 6.07) is 7.67. The maximum Gasteiger partial charge on any atom is 0.174 e. The highest BCUT2D eigenvalue weighted by molar-refractivity contribution is 5.84. The summed E-state index contributed by atoms with van der Waals surface area (Å²) in [4.78, 5) is 0. The van der Waals surface area contributed by atoms with Gasteiger partial charge in [0.15, 0.2) is 23.3 Å². The van der Waals surface area contributed by atoms with E-state index in [1.54, 1.807) is 0 Å². The zero-order valence-electron chi connectivity index (χ0n) is 18.0. The number of fused-ring (bicyclic) bond motifs is 1. The molecule has 0 amide bonds. The van der Waals surface area contributed by atoms with Gasteiger partial charge >= 0.3 is 0 Å². The Morgan fingerprint density at radius 1 is 0.818 bits per heavy atom. The number of hydrogen-bond acceptors (Lipinski definition) is 0. The average molecular weight is 454 g/mol. The summed E-state index contributed by atoms with van der Waals surface area (Å²) < 4.78 is 71.6. The second kappa shape index (κ2) is 9.79. The number of rotatable bonds is 4. The fraction of sp³-hybridized carbons (Fsp3) is 0.286. The third-order valence-corrected chi connectivity index (χ3v) is 6.48. The smallest absolute Gasteiger partial charge is 0.174 e. The molecule has 0 atom stereocenters. The fourth-order valence-electron chi connectivity index (χ4n) is 4.65. The predicted octanol–water partition coefficient (Wildman–Crippen LogP) is 8.18. The van der Waals surface area contributed by atoms with Crippen LogP contribution in [0.4, 0.5) is 22.0 Å². The van der Waals surface area contributed by atoms with Crippen LogP contribution in [0, 0.1) is 46.8 Å². The normalized spacial score (nSPS) is 18.1. The van der Waals surface area contributed by atoms with Crippen LogP contribution in [0.5, 0.6) is 0 Å². The van der Waals surface area contributed by atoms with Crippen molar-refractivity contribution in [2.24, 2.45) is 5.92 Å². The van der Waals surface area contributed by atoms with Gasteiger partial charge in [-0.25, -0.2) is 22.0 Å². The van der Waals surface area contributed by atoms with Gasteiger partial charge in [-0.3, -0.25) is 0 Å². The highest BCUT2D eigenvalue weighted by atomic mass is 19.2. The van der Waals surface area contributed by atoms with Gasteiger partial charge in [-0.05, 0) is 80.0 Å². The molecule has 170 valence electrons. The summed E-state index contributed by atoms with van der Waals surface area (Å²) in [7, 11) is 0. The van der Waals surface area contributed by atoms with Crippen molar-refractivity contribution in [3.8, 4) is 11.8 Å². The van der Waals surface area contributed by atoms with E-state index in [4.69, 9.17) is 0 Å². The molecule has 0 radical (unpaired) electrons. The molecule has 4 rings (SSSR count). The molecule has 0 aliphatic heterocycles. The molecule has 3 aromatic rings. The number of allylic oxidation sites excluding steroid dienone is 1. The molecule has 1 fully saturated rings. The molecule has 0 nitrogen and oxygen atoms in total. The average Bonchev–Trinajstić information content (AvgIpc) is 2.82. The van der Waals surface area contributed by atoms with Crippen molar-refractivity contribution in [2.75, 3.05) is 0 Å². The molecule has 0 saturated heterocycles. The van der Waals surface area contributed by atoms with Crippen molar-refractivity contribution in [3.05, 3.63) is 94.8 Å². The van der Waals surface area contributed by atoms with Crippen molar-refractivity contribution >= 4 is 10.8 Å². The van der Waals surface area contributed by atoms with E-state index in [2.05, 4.69) is 18.4 Å². The molecule has 5 heteroatoms. The first kappa shape index (κ1) is 23.0. The van der Waals surface area contributed by atoms with Crippen LogP contribution in [-0.4, -0.2) is 0 Å². The van der Waals surface area contributed by atoms with Crippen LogP contribution in [0.15, 0.2) is 49.1 Å². The molecular formula is C28H23F5. The standard InChI is InChI=1S/C28H23F5/c1-2-3-4-17-5-9-19(10-6-17)25-24(30)16-21(26(31)28(25)33)11-7-18-8-13-22-20(15-18)12-14-23(29)27(22)32/h2,8,12-17,19H,1,3-6,9-10H2. The first-order chi connectivity index (χ1) is 15.9. The summed E-state index contributed by atoms with van der Waals surface area (Å²) in [5.74, 6) is 0.243. The van der Waals surface area contributed by atoms with Gasteiger partial charge in [0, 0.05) is 16.5 Å². The minimum Gasteiger partial charge on any atom is -0.207 e. The van der Waals surface area contributed by atoms with Crippen LogP contribution in [0.25, 0.3) is 10.8 Å². The van der Waals surface area contributed by atoms with Gasteiger partial charge in [0.05, 0.1) is 5.56 Å². The zero-order valence-corrected chi connectivity index (χ0v) is 18.0. The molecule has 0 heterocycles. The third-order valence-electron chi connectivity index (χ3n) is 6.48. The largest absolute Gasteiger partial charge is 0.207 e. The van der Waals surface area contributed by atoms with Crippen LogP contribution in [0.1, 0.15) is 61.1 Å². The molecule has 0 bridgehead atoms. The molecule has 33 heavy (non-hydrogen) atoms. The topological polar surface area (TPSA) is 0 Å². The predicted molar refractivity (Wildman–Crippen MR) is 120 cm³/mol. The summed E-state index contributed by atoms with van der Waals surface area (Å²) in [5, 5.41) is 0.505. The Morgan fingerprint density at radius 2 is 1.58 bits per heavy atom. The summed E-state index contributed by atoms with van der Waals surface area (Å²) in [6.07, 6.45) is 6.75. The van der Waals surface area contributed by atoms with Crippen LogP contribution in [0.2, 0.25) is 0 Å². The maximum atomic E-state index is 14.9. The Morgan fingerprint density at radius 3 is 2.30 bits per heavy atom. The molecule has 0 aromatic heterocycles. The molecule has 0 N–H and O–H groups in total. The van der Waals surface area contributed by atoms with E-state index >= 15 is 0 Å². The molecular weight excluding hydrogens is 431 g/mol. The van der Waals surface area contributed by atoms with Gasteiger partial charge in [0.25, 0.3) is 0 Å². The first-order valence-corrected chi connectivity index (χ1v) is 11.1. The number of benzene rings is 3. The maximum absolute atomic E-state index is 14.9. The van der Waals surface area contributed by atoms with E-state index < -0.39 is 29.1 Å². The highest BCUT2D eigenvalue weighted by Gasteiger charge is 2.29.